The molecule has 2 fully saturated rings. The van der Waals surface area contributed by atoms with Gasteiger partial charge in [0.05, 0.1) is 5.60 Å². The molecule has 0 N–H and O–H groups in total. The largest absolute Gasteiger partial charge is 0.375 e. The van der Waals surface area contributed by atoms with Crippen molar-refractivity contribution in [1.82, 2.24) is 9.80 Å². The summed E-state index contributed by atoms with van der Waals surface area (Å²) in [5, 5.41) is 0. The van der Waals surface area contributed by atoms with Gasteiger partial charge in [0, 0.05) is 37.8 Å². The van der Waals surface area contributed by atoms with Crippen LogP contribution in [0.4, 0.5) is 0 Å². The summed E-state index contributed by atoms with van der Waals surface area (Å²) < 4.78 is 6.29. The minimum Gasteiger partial charge on any atom is -0.375 e. The van der Waals surface area contributed by atoms with Crippen molar-refractivity contribution in [2.24, 2.45) is 0 Å². The highest BCUT2D eigenvalue weighted by Gasteiger charge is 2.42. The zero-order valence-corrected chi connectivity index (χ0v) is 14.2. The van der Waals surface area contributed by atoms with Gasteiger partial charge in [-0.05, 0) is 59.9 Å². The molecule has 0 aliphatic carbocycles. The van der Waals surface area contributed by atoms with Crippen LogP contribution in [0.25, 0.3) is 0 Å². The van der Waals surface area contributed by atoms with Crippen molar-refractivity contribution in [2.75, 3.05) is 26.2 Å². The van der Waals surface area contributed by atoms with Crippen LogP contribution in [0.3, 0.4) is 0 Å². The van der Waals surface area contributed by atoms with Gasteiger partial charge in [0.1, 0.15) is 0 Å². The van der Waals surface area contributed by atoms with Crippen LogP contribution in [0.1, 0.15) is 60.3 Å². The number of likely N-dealkylation sites (tertiary alicyclic amines) is 1. The highest BCUT2D eigenvalue weighted by Crippen LogP contribution is 2.37. The molecule has 20 heavy (non-hydrogen) atoms. The molecule has 2 saturated heterocycles. The van der Waals surface area contributed by atoms with Gasteiger partial charge in [0.15, 0.2) is 0 Å². The van der Waals surface area contributed by atoms with Gasteiger partial charge in [-0.15, -0.1) is 0 Å². The first-order valence-electron chi connectivity index (χ1n) is 8.61. The van der Waals surface area contributed by atoms with Gasteiger partial charge in [0.2, 0.25) is 0 Å². The van der Waals surface area contributed by atoms with Crippen molar-refractivity contribution >= 4 is 0 Å². The normalized spacial score (nSPS) is 27.9. The van der Waals surface area contributed by atoms with Crippen molar-refractivity contribution in [3.8, 4) is 0 Å². The summed E-state index contributed by atoms with van der Waals surface area (Å²) >= 11 is 0. The van der Waals surface area contributed by atoms with E-state index in [9.17, 15) is 0 Å². The van der Waals surface area contributed by atoms with E-state index < -0.39 is 0 Å². The molecule has 2 aliphatic rings. The second-order valence-electron chi connectivity index (χ2n) is 7.23. The number of hydrogen-bond acceptors (Lipinski definition) is 3. The van der Waals surface area contributed by atoms with Crippen LogP contribution in [0.5, 0.6) is 0 Å². The zero-order chi connectivity index (χ0) is 14.8. The second kappa shape index (κ2) is 6.76. The highest BCUT2D eigenvalue weighted by atomic mass is 16.5. The Morgan fingerprint density at radius 3 is 2.35 bits per heavy atom. The van der Waals surface area contributed by atoms with E-state index in [1.807, 2.05) is 0 Å². The third-order valence-electron chi connectivity index (χ3n) is 5.40. The lowest BCUT2D eigenvalue weighted by Gasteiger charge is -2.49. The lowest BCUT2D eigenvalue weighted by Crippen LogP contribution is -2.55. The Balaban J connectivity index is 1.97. The number of rotatable bonds is 4. The summed E-state index contributed by atoms with van der Waals surface area (Å²) in [7, 11) is 0. The average molecular weight is 282 g/mol. The van der Waals surface area contributed by atoms with E-state index in [1.165, 1.54) is 38.8 Å². The van der Waals surface area contributed by atoms with E-state index in [2.05, 4.69) is 44.4 Å². The molecule has 0 aromatic rings. The van der Waals surface area contributed by atoms with Gasteiger partial charge in [-0.1, -0.05) is 6.92 Å². The fraction of sp³-hybridized carbons (Fsp3) is 1.00. The molecule has 0 bridgehead atoms. The average Bonchev–Trinajstić information content (AvgIpc) is 2.40. The number of hydrogen-bond donors (Lipinski definition) is 0. The Hall–Kier alpha value is -0.120. The zero-order valence-electron chi connectivity index (χ0n) is 14.2. The third kappa shape index (κ3) is 3.55. The smallest absolute Gasteiger partial charge is 0.0721 e. The highest BCUT2D eigenvalue weighted by molar-refractivity contribution is 4.95. The van der Waals surface area contributed by atoms with Gasteiger partial charge < -0.3 is 9.64 Å². The molecule has 3 nitrogen and oxygen atoms in total. The topological polar surface area (TPSA) is 15.7 Å². The van der Waals surface area contributed by atoms with Crippen LogP contribution in [0.2, 0.25) is 0 Å². The lowest BCUT2D eigenvalue weighted by atomic mass is 9.81. The first-order valence-corrected chi connectivity index (χ1v) is 8.61. The lowest BCUT2D eigenvalue weighted by molar-refractivity contribution is -0.137. The van der Waals surface area contributed by atoms with Gasteiger partial charge in [-0.3, -0.25) is 4.90 Å². The molecule has 3 heteroatoms. The van der Waals surface area contributed by atoms with Crippen molar-refractivity contribution in [2.45, 2.75) is 84.0 Å². The van der Waals surface area contributed by atoms with Crippen molar-refractivity contribution < 1.29 is 4.74 Å². The second-order valence-corrected chi connectivity index (χ2v) is 7.23. The first-order chi connectivity index (χ1) is 9.47. The van der Waals surface area contributed by atoms with Gasteiger partial charge in [-0.25, -0.2) is 0 Å². The van der Waals surface area contributed by atoms with Crippen LogP contribution in [0.15, 0.2) is 0 Å². The Morgan fingerprint density at radius 1 is 1.20 bits per heavy atom. The van der Waals surface area contributed by atoms with Crippen LogP contribution in [-0.2, 0) is 4.74 Å². The molecule has 0 saturated carbocycles. The Morgan fingerprint density at radius 2 is 1.85 bits per heavy atom. The maximum Gasteiger partial charge on any atom is 0.0721 e. The molecule has 0 radical (unpaired) electrons. The van der Waals surface area contributed by atoms with Crippen LogP contribution in [0, 0.1) is 0 Å². The molecule has 2 heterocycles. The summed E-state index contributed by atoms with van der Waals surface area (Å²) in [6, 6.07) is 2.05. The molecular formula is C17H34N2O. The van der Waals surface area contributed by atoms with Gasteiger partial charge in [-0.2, -0.15) is 0 Å². The molecule has 0 aromatic heterocycles. The minimum atomic E-state index is 0.177. The molecule has 2 rings (SSSR count). The molecule has 0 aromatic carbocycles. The minimum absolute atomic E-state index is 0.177. The first kappa shape index (κ1) is 16.3. The fourth-order valence-electron chi connectivity index (χ4n) is 4.13. The number of nitrogens with zero attached hydrogens (tertiary/aromatic N) is 2. The standard InChI is InChI=1S/C17H34N2O/c1-6-19(15(4)5)16-7-12-20-17(13-16)8-10-18(11-9-17)14(2)3/h14-16H,6-13H2,1-5H3. The van der Waals surface area contributed by atoms with E-state index in [4.69, 9.17) is 4.74 Å². The van der Waals surface area contributed by atoms with Crippen LogP contribution >= 0.6 is 0 Å². The predicted octanol–water partition coefficient (Wildman–Crippen LogP) is 3.14. The summed E-state index contributed by atoms with van der Waals surface area (Å²) in [5.74, 6) is 0. The van der Waals surface area contributed by atoms with Gasteiger partial charge in [0.25, 0.3) is 0 Å². The molecule has 1 spiro atoms. The molecule has 2 aliphatic heterocycles. The monoisotopic (exact) mass is 282 g/mol. The summed E-state index contributed by atoms with van der Waals surface area (Å²) in [5.41, 5.74) is 0.177. The van der Waals surface area contributed by atoms with E-state index >= 15 is 0 Å². The molecule has 0 amide bonds. The Bertz CT molecular complexity index is 295. The fourth-order valence-corrected chi connectivity index (χ4v) is 4.13. The summed E-state index contributed by atoms with van der Waals surface area (Å²) in [6.45, 7) is 16.1. The van der Waals surface area contributed by atoms with Crippen LogP contribution in [-0.4, -0.2) is 59.8 Å². The van der Waals surface area contributed by atoms with Crippen LogP contribution < -0.4 is 0 Å². The molecule has 1 atom stereocenters. The quantitative estimate of drug-likeness (QED) is 0.788. The number of ether oxygens (including phenoxy) is 1. The van der Waals surface area contributed by atoms with E-state index in [-0.39, 0.29) is 5.60 Å². The molecular weight excluding hydrogens is 248 g/mol. The Labute approximate surface area is 125 Å². The SMILES string of the molecule is CCN(C(C)C)C1CCOC2(CCN(C(C)C)CC2)C1. The Kier molecular flexibility index (Phi) is 5.49. The summed E-state index contributed by atoms with van der Waals surface area (Å²) in [4.78, 5) is 5.26. The maximum absolute atomic E-state index is 6.29. The summed E-state index contributed by atoms with van der Waals surface area (Å²) in [6.07, 6.45) is 4.89. The third-order valence-corrected chi connectivity index (χ3v) is 5.40. The van der Waals surface area contributed by atoms with E-state index in [1.54, 1.807) is 0 Å². The maximum atomic E-state index is 6.29. The van der Waals surface area contributed by atoms with Gasteiger partial charge >= 0.3 is 0 Å². The van der Waals surface area contributed by atoms with E-state index in [0.29, 0.717) is 12.1 Å². The van der Waals surface area contributed by atoms with Crippen molar-refractivity contribution in [3.05, 3.63) is 0 Å². The van der Waals surface area contributed by atoms with Crippen molar-refractivity contribution in [1.29, 1.82) is 0 Å². The van der Waals surface area contributed by atoms with E-state index in [0.717, 1.165) is 19.2 Å². The molecule has 1 unspecified atom stereocenters. The predicted molar refractivity (Wildman–Crippen MR) is 85.2 cm³/mol. The number of piperidine rings is 1. The van der Waals surface area contributed by atoms with Crippen molar-refractivity contribution in [3.63, 3.8) is 0 Å². The molecule has 118 valence electrons.